The SMILES string of the molecule is CCC(C)(NC(=O)OCC1c2ccccc2-c2ccccc21)C(=O)NC1(C(=O)O)CCCC1. The summed E-state index contributed by atoms with van der Waals surface area (Å²) in [6.07, 6.45) is 1.85. The normalized spacial score (nSPS) is 18.0. The smallest absolute Gasteiger partial charge is 0.408 e. The topological polar surface area (TPSA) is 105 Å². The van der Waals surface area contributed by atoms with Crippen molar-refractivity contribution in [3.8, 4) is 11.1 Å². The van der Waals surface area contributed by atoms with Crippen molar-refractivity contribution in [1.29, 1.82) is 0 Å². The highest BCUT2D eigenvalue weighted by Gasteiger charge is 2.46. The molecule has 2 aliphatic rings. The second kappa shape index (κ2) is 8.89. The fourth-order valence-corrected chi connectivity index (χ4v) is 4.89. The number of nitrogens with one attached hydrogen (secondary N) is 2. The van der Waals surface area contributed by atoms with Crippen LogP contribution >= 0.6 is 0 Å². The van der Waals surface area contributed by atoms with Crippen molar-refractivity contribution >= 4 is 18.0 Å². The van der Waals surface area contributed by atoms with E-state index in [1.807, 2.05) is 36.4 Å². The molecule has 1 saturated carbocycles. The van der Waals surface area contributed by atoms with E-state index in [1.165, 1.54) is 0 Å². The summed E-state index contributed by atoms with van der Waals surface area (Å²) in [6, 6.07) is 16.1. The second-order valence-electron chi connectivity index (χ2n) is 9.18. The third-order valence-corrected chi connectivity index (χ3v) is 7.15. The Morgan fingerprint density at radius 3 is 2.09 bits per heavy atom. The van der Waals surface area contributed by atoms with Gasteiger partial charge in [-0.25, -0.2) is 9.59 Å². The van der Waals surface area contributed by atoms with Gasteiger partial charge in [-0.3, -0.25) is 4.79 Å². The highest BCUT2D eigenvalue weighted by atomic mass is 16.5. The van der Waals surface area contributed by atoms with Gasteiger partial charge in [0.05, 0.1) is 0 Å². The number of benzene rings is 2. The lowest BCUT2D eigenvalue weighted by Gasteiger charge is -2.33. The predicted octanol–water partition coefficient (Wildman–Crippen LogP) is 4.21. The van der Waals surface area contributed by atoms with Crippen LogP contribution in [-0.2, 0) is 14.3 Å². The molecule has 33 heavy (non-hydrogen) atoms. The molecule has 2 aromatic carbocycles. The Labute approximate surface area is 193 Å². The van der Waals surface area contributed by atoms with E-state index in [0.717, 1.165) is 35.1 Å². The summed E-state index contributed by atoms with van der Waals surface area (Å²) in [5.41, 5.74) is 1.93. The van der Waals surface area contributed by atoms with Gasteiger partial charge in [0.2, 0.25) is 5.91 Å². The molecule has 0 saturated heterocycles. The highest BCUT2D eigenvalue weighted by molar-refractivity contribution is 5.94. The predicted molar refractivity (Wildman–Crippen MR) is 124 cm³/mol. The van der Waals surface area contributed by atoms with Gasteiger partial charge < -0.3 is 20.5 Å². The molecule has 0 radical (unpaired) electrons. The van der Waals surface area contributed by atoms with Crippen LogP contribution in [0.4, 0.5) is 4.79 Å². The van der Waals surface area contributed by atoms with Gasteiger partial charge in [0, 0.05) is 5.92 Å². The highest BCUT2D eigenvalue weighted by Crippen LogP contribution is 2.44. The Morgan fingerprint density at radius 2 is 1.58 bits per heavy atom. The summed E-state index contributed by atoms with van der Waals surface area (Å²) >= 11 is 0. The lowest BCUT2D eigenvalue weighted by atomic mass is 9.92. The average Bonchev–Trinajstić information content (AvgIpc) is 3.41. The standard InChI is InChI=1S/C26H30N2O5/c1-3-25(2,22(29)27-26(23(30)31)14-8-9-15-26)28-24(32)33-16-21-19-12-6-4-10-17(19)18-11-5-7-13-20(18)21/h4-7,10-13,21H,3,8-9,14-16H2,1-2H3,(H,27,29)(H,28,32)(H,30,31). The number of hydrogen-bond acceptors (Lipinski definition) is 4. The van der Waals surface area contributed by atoms with E-state index in [9.17, 15) is 19.5 Å². The lowest BCUT2D eigenvalue weighted by molar-refractivity contribution is -0.148. The van der Waals surface area contributed by atoms with E-state index in [1.54, 1.807) is 13.8 Å². The van der Waals surface area contributed by atoms with Crippen molar-refractivity contribution in [2.24, 2.45) is 0 Å². The summed E-state index contributed by atoms with van der Waals surface area (Å²) in [7, 11) is 0. The van der Waals surface area contributed by atoms with Crippen molar-refractivity contribution < 1.29 is 24.2 Å². The van der Waals surface area contributed by atoms with Gasteiger partial charge in [-0.2, -0.15) is 0 Å². The molecule has 0 bridgehead atoms. The lowest BCUT2D eigenvalue weighted by Crippen LogP contribution is -2.63. The van der Waals surface area contributed by atoms with Crippen LogP contribution in [0.5, 0.6) is 0 Å². The van der Waals surface area contributed by atoms with Gasteiger partial charge in [-0.1, -0.05) is 68.3 Å². The van der Waals surface area contributed by atoms with Crippen LogP contribution in [0.1, 0.15) is 63.0 Å². The van der Waals surface area contributed by atoms with Gasteiger partial charge in [0.15, 0.2) is 0 Å². The molecule has 0 spiro atoms. The molecule has 3 N–H and O–H groups in total. The number of ether oxygens (including phenoxy) is 1. The first-order valence-corrected chi connectivity index (χ1v) is 11.5. The quantitative estimate of drug-likeness (QED) is 0.586. The number of amides is 2. The number of carboxylic acid groups (broad SMARTS) is 1. The fourth-order valence-electron chi connectivity index (χ4n) is 4.89. The van der Waals surface area contributed by atoms with Crippen molar-refractivity contribution in [2.45, 2.75) is 62.9 Å². The zero-order chi connectivity index (χ0) is 23.6. The maximum Gasteiger partial charge on any atom is 0.408 e. The third-order valence-electron chi connectivity index (χ3n) is 7.15. The third kappa shape index (κ3) is 4.19. The summed E-state index contributed by atoms with van der Waals surface area (Å²) < 4.78 is 5.58. The number of rotatable bonds is 7. The Hall–Kier alpha value is -3.35. The molecule has 2 amide bonds. The van der Waals surface area contributed by atoms with E-state index in [2.05, 4.69) is 22.8 Å². The monoisotopic (exact) mass is 450 g/mol. The summed E-state index contributed by atoms with van der Waals surface area (Å²) in [6.45, 7) is 3.50. The number of alkyl carbamates (subject to hydrolysis) is 1. The first-order valence-electron chi connectivity index (χ1n) is 11.5. The minimum Gasteiger partial charge on any atom is -0.480 e. The van der Waals surface area contributed by atoms with Gasteiger partial charge >= 0.3 is 12.1 Å². The maximum absolute atomic E-state index is 13.0. The van der Waals surface area contributed by atoms with E-state index < -0.39 is 29.0 Å². The molecule has 4 rings (SSSR count). The summed E-state index contributed by atoms with van der Waals surface area (Å²) in [5, 5.41) is 15.1. The van der Waals surface area contributed by atoms with Crippen molar-refractivity contribution in [3.63, 3.8) is 0 Å². The van der Waals surface area contributed by atoms with Gasteiger partial charge in [0.25, 0.3) is 0 Å². The number of aliphatic carboxylic acids is 1. The van der Waals surface area contributed by atoms with E-state index in [-0.39, 0.29) is 12.5 Å². The van der Waals surface area contributed by atoms with Crippen molar-refractivity contribution in [3.05, 3.63) is 59.7 Å². The molecule has 0 heterocycles. The van der Waals surface area contributed by atoms with Gasteiger partial charge in [0.1, 0.15) is 17.7 Å². The first kappa shape index (κ1) is 22.8. The fraction of sp³-hybridized carbons (Fsp3) is 0.423. The molecule has 7 heteroatoms. The second-order valence-corrected chi connectivity index (χ2v) is 9.18. The Morgan fingerprint density at radius 1 is 1.03 bits per heavy atom. The van der Waals surface area contributed by atoms with Gasteiger partial charge in [-0.15, -0.1) is 0 Å². The van der Waals surface area contributed by atoms with Crippen LogP contribution in [-0.4, -0.2) is 40.8 Å². The number of carbonyl (C=O) groups is 3. The Balaban J connectivity index is 1.43. The Bertz CT molecular complexity index is 1030. The molecule has 2 aromatic rings. The first-order chi connectivity index (χ1) is 15.8. The minimum absolute atomic E-state index is 0.0846. The van der Waals surface area contributed by atoms with Crippen molar-refractivity contribution in [1.82, 2.24) is 10.6 Å². The number of carbonyl (C=O) groups excluding carboxylic acids is 2. The van der Waals surface area contributed by atoms with Crippen molar-refractivity contribution in [2.75, 3.05) is 6.61 Å². The molecule has 2 aliphatic carbocycles. The zero-order valence-corrected chi connectivity index (χ0v) is 19.0. The molecule has 7 nitrogen and oxygen atoms in total. The van der Waals surface area contributed by atoms with Crippen LogP contribution < -0.4 is 10.6 Å². The molecule has 1 unspecified atom stereocenters. The van der Waals surface area contributed by atoms with E-state index in [0.29, 0.717) is 19.3 Å². The molecule has 174 valence electrons. The molecule has 1 fully saturated rings. The molecular weight excluding hydrogens is 420 g/mol. The summed E-state index contributed by atoms with van der Waals surface area (Å²) in [5.74, 6) is -1.63. The van der Waals surface area contributed by atoms with Crippen LogP contribution in [0.25, 0.3) is 11.1 Å². The zero-order valence-electron chi connectivity index (χ0n) is 19.0. The van der Waals surface area contributed by atoms with Crippen LogP contribution in [0, 0.1) is 0 Å². The van der Waals surface area contributed by atoms with Crippen LogP contribution in [0.2, 0.25) is 0 Å². The number of hydrogen-bond donors (Lipinski definition) is 3. The van der Waals surface area contributed by atoms with E-state index in [4.69, 9.17) is 4.74 Å². The van der Waals surface area contributed by atoms with E-state index >= 15 is 0 Å². The maximum atomic E-state index is 13.0. The number of fused-ring (bicyclic) bond motifs is 3. The minimum atomic E-state index is -1.28. The molecule has 1 atom stereocenters. The van der Waals surface area contributed by atoms with Crippen LogP contribution in [0.15, 0.2) is 48.5 Å². The Kier molecular flexibility index (Phi) is 6.15. The molecule has 0 aromatic heterocycles. The van der Waals surface area contributed by atoms with Gasteiger partial charge in [-0.05, 0) is 48.4 Å². The molecular formula is C26H30N2O5. The number of carboxylic acids is 1. The largest absolute Gasteiger partial charge is 0.480 e. The average molecular weight is 451 g/mol. The van der Waals surface area contributed by atoms with Crippen LogP contribution in [0.3, 0.4) is 0 Å². The molecule has 0 aliphatic heterocycles. The summed E-state index contributed by atoms with van der Waals surface area (Å²) in [4.78, 5) is 37.6.